The zero-order chi connectivity index (χ0) is 18.8. The minimum absolute atomic E-state index is 0.0908. The normalized spacial score (nSPS) is 11.6. The summed E-state index contributed by atoms with van der Waals surface area (Å²) in [6.07, 6.45) is 1.04. The van der Waals surface area contributed by atoms with Crippen LogP contribution in [-0.4, -0.2) is 11.7 Å². The van der Waals surface area contributed by atoms with Crippen molar-refractivity contribution in [2.24, 2.45) is 0 Å². The largest absolute Gasteiger partial charge is 0.326 e. The Labute approximate surface area is 156 Å². The molecule has 0 heterocycles. The summed E-state index contributed by atoms with van der Waals surface area (Å²) in [4.78, 5) is 24.3. The minimum atomic E-state index is -0.386. The van der Waals surface area contributed by atoms with Crippen LogP contribution in [-0.2, 0) is 11.2 Å². The molecule has 1 aliphatic carbocycles. The SMILES string of the molecule is O=C(CCC(=O)c1ccc(F)cc1)Nc1ccc2c(c1)Cc1ccccc1-2. The van der Waals surface area contributed by atoms with Crippen molar-refractivity contribution in [1.29, 1.82) is 0 Å². The molecule has 4 heteroatoms. The van der Waals surface area contributed by atoms with E-state index < -0.39 is 0 Å². The molecule has 27 heavy (non-hydrogen) atoms. The van der Waals surface area contributed by atoms with E-state index in [4.69, 9.17) is 0 Å². The second-order valence-electron chi connectivity index (χ2n) is 6.68. The second-order valence-corrected chi connectivity index (χ2v) is 6.68. The molecule has 3 aromatic rings. The third-order valence-electron chi connectivity index (χ3n) is 4.82. The summed E-state index contributed by atoms with van der Waals surface area (Å²) < 4.78 is 12.9. The van der Waals surface area contributed by atoms with Crippen molar-refractivity contribution in [2.75, 3.05) is 5.32 Å². The number of anilines is 1. The quantitative estimate of drug-likeness (QED) is 0.510. The van der Waals surface area contributed by atoms with Crippen LogP contribution >= 0.6 is 0 Å². The van der Waals surface area contributed by atoms with Crippen molar-refractivity contribution in [3.63, 3.8) is 0 Å². The highest BCUT2D eigenvalue weighted by Crippen LogP contribution is 2.37. The fourth-order valence-electron chi connectivity index (χ4n) is 3.45. The van der Waals surface area contributed by atoms with Crippen LogP contribution < -0.4 is 5.32 Å². The van der Waals surface area contributed by atoms with Gasteiger partial charge in [0.25, 0.3) is 0 Å². The number of nitrogens with one attached hydrogen (secondary N) is 1. The highest BCUT2D eigenvalue weighted by Gasteiger charge is 2.18. The third kappa shape index (κ3) is 3.65. The number of carbonyl (C=O) groups excluding carboxylic acids is 2. The first kappa shape index (κ1) is 17.2. The third-order valence-corrected chi connectivity index (χ3v) is 4.82. The van der Waals surface area contributed by atoms with E-state index in [0.717, 1.165) is 12.1 Å². The second kappa shape index (κ2) is 7.16. The van der Waals surface area contributed by atoms with Crippen molar-refractivity contribution >= 4 is 17.4 Å². The number of fused-ring (bicyclic) bond motifs is 3. The van der Waals surface area contributed by atoms with Crippen LogP contribution in [0, 0.1) is 5.82 Å². The number of benzene rings is 3. The van der Waals surface area contributed by atoms with E-state index in [-0.39, 0.29) is 30.3 Å². The van der Waals surface area contributed by atoms with Crippen molar-refractivity contribution in [2.45, 2.75) is 19.3 Å². The lowest BCUT2D eigenvalue weighted by Crippen LogP contribution is -2.13. The van der Waals surface area contributed by atoms with Gasteiger partial charge in [-0.05, 0) is 65.1 Å². The summed E-state index contributed by atoms with van der Waals surface area (Å²) in [6.45, 7) is 0. The maximum absolute atomic E-state index is 12.9. The topological polar surface area (TPSA) is 46.2 Å². The molecule has 0 saturated heterocycles. The summed E-state index contributed by atoms with van der Waals surface area (Å²) in [7, 11) is 0. The molecule has 3 nitrogen and oxygen atoms in total. The molecule has 0 radical (unpaired) electrons. The lowest BCUT2D eigenvalue weighted by molar-refractivity contribution is -0.116. The Morgan fingerprint density at radius 2 is 1.59 bits per heavy atom. The van der Waals surface area contributed by atoms with Gasteiger partial charge in [0, 0.05) is 24.1 Å². The van der Waals surface area contributed by atoms with Gasteiger partial charge >= 0.3 is 0 Å². The van der Waals surface area contributed by atoms with Crippen LogP contribution in [0.2, 0.25) is 0 Å². The fourth-order valence-corrected chi connectivity index (χ4v) is 3.45. The van der Waals surface area contributed by atoms with Crippen LogP contribution in [0.15, 0.2) is 66.7 Å². The van der Waals surface area contributed by atoms with Crippen LogP contribution in [0.25, 0.3) is 11.1 Å². The lowest BCUT2D eigenvalue weighted by atomic mass is 10.1. The average Bonchev–Trinajstić information content (AvgIpc) is 3.04. The van der Waals surface area contributed by atoms with E-state index in [9.17, 15) is 14.0 Å². The van der Waals surface area contributed by atoms with Crippen LogP contribution in [0.4, 0.5) is 10.1 Å². The van der Waals surface area contributed by atoms with Gasteiger partial charge in [0.2, 0.25) is 5.91 Å². The van der Waals surface area contributed by atoms with Gasteiger partial charge in [-0.3, -0.25) is 9.59 Å². The first-order chi connectivity index (χ1) is 13.1. The zero-order valence-electron chi connectivity index (χ0n) is 14.7. The summed E-state index contributed by atoms with van der Waals surface area (Å²) in [5.41, 5.74) is 6.09. The van der Waals surface area contributed by atoms with E-state index in [2.05, 4.69) is 17.4 Å². The maximum Gasteiger partial charge on any atom is 0.224 e. The molecule has 0 spiro atoms. The summed E-state index contributed by atoms with van der Waals surface area (Å²) in [5, 5.41) is 2.86. The summed E-state index contributed by atoms with van der Waals surface area (Å²) in [6, 6.07) is 19.6. The Kier molecular flexibility index (Phi) is 4.55. The monoisotopic (exact) mass is 359 g/mol. The highest BCUT2D eigenvalue weighted by molar-refractivity contribution is 6.00. The first-order valence-electron chi connectivity index (χ1n) is 8.90. The minimum Gasteiger partial charge on any atom is -0.326 e. The molecule has 0 bridgehead atoms. The van der Waals surface area contributed by atoms with Gasteiger partial charge in [-0.25, -0.2) is 4.39 Å². The van der Waals surface area contributed by atoms with Crippen molar-refractivity contribution in [1.82, 2.24) is 0 Å². The maximum atomic E-state index is 12.9. The van der Waals surface area contributed by atoms with Crippen LogP contribution in [0.5, 0.6) is 0 Å². The Balaban J connectivity index is 1.37. The molecule has 4 rings (SSSR count). The molecule has 0 aromatic heterocycles. The molecular weight excluding hydrogens is 341 g/mol. The predicted octanol–water partition coefficient (Wildman–Crippen LogP) is 5.00. The number of rotatable bonds is 5. The van der Waals surface area contributed by atoms with Gasteiger partial charge in [-0.2, -0.15) is 0 Å². The molecule has 0 atom stereocenters. The van der Waals surface area contributed by atoms with E-state index in [1.807, 2.05) is 30.3 Å². The standard InChI is InChI=1S/C23H18FNO2/c24-18-7-5-15(6-8-18)22(26)11-12-23(27)25-19-9-10-21-17(14-19)13-16-3-1-2-4-20(16)21/h1-10,14H,11-13H2,(H,25,27). The number of amides is 1. The number of carbonyl (C=O) groups is 2. The highest BCUT2D eigenvalue weighted by atomic mass is 19.1. The zero-order valence-corrected chi connectivity index (χ0v) is 14.7. The van der Waals surface area contributed by atoms with Crippen molar-refractivity contribution in [3.8, 4) is 11.1 Å². The van der Waals surface area contributed by atoms with E-state index in [0.29, 0.717) is 5.56 Å². The van der Waals surface area contributed by atoms with Crippen LogP contribution in [0.3, 0.4) is 0 Å². The Bertz CT molecular complexity index is 1020. The molecule has 0 aliphatic heterocycles. The van der Waals surface area contributed by atoms with Crippen LogP contribution in [0.1, 0.15) is 34.3 Å². The smallest absolute Gasteiger partial charge is 0.224 e. The average molecular weight is 359 g/mol. The molecule has 0 fully saturated rings. The lowest BCUT2D eigenvalue weighted by Gasteiger charge is -2.08. The van der Waals surface area contributed by atoms with Gasteiger partial charge in [-0.15, -0.1) is 0 Å². The summed E-state index contributed by atoms with van der Waals surface area (Å²) >= 11 is 0. The number of ketones is 1. The Morgan fingerprint density at radius 3 is 2.41 bits per heavy atom. The Hall–Kier alpha value is -3.27. The van der Waals surface area contributed by atoms with Crippen molar-refractivity contribution in [3.05, 3.63) is 89.2 Å². The number of halogens is 1. The molecule has 0 saturated carbocycles. The molecule has 1 amide bonds. The number of hydrogen-bond donors (Lipinski definition) is 1. The molecular formula is C23H18FNO2. The molecule has 1 aliphatic rings. The molecule has 3 aromatic carbocycles. The van der Waals surface area contributed by atoms with Gasteiger partial charge in [0.05, 0.1) is 0 Å². The number of hydrogen-bond acceptors (Lipinski definition) is 2. The first-order valence-corrected chi connectivity index (χ1v) is 8.90. The van der Waals surface area contributed by atoms with E-state index in [1.165, 1.54) is 46.5 Å². The fraction of sp³-hybridized carbons (Fsp3) is 0.130. The molecule has 1 N–H and O–H groups in total. The number of Topliss-reactive ketones (excluding diaryl/α,β-unsaturated/α-hetero) is 1. The van der Waals surface area contributed by atoms with Crippen molar-refractivity contribution < 1.29 is 14.0 Å². The van der Waals surface area contributed by atoms with Gasteiger partial charge in [0.15, 0.2) is 5.78 Å². The predicted molar refractivity (Wildman–Crippen MR) is 103 cm³/mol. The van der Waals surface area contributed by atoms with E-state index >= 15 is 0 Å². The molecule has 0 unspecified atom stereocenters. The van der Waals surface area contributed by atoms with E-state index in [1.54, 1.807) is 0 Å². The van der Waals surface area contributed by atoms with Gasteiger partial charge in [-0.1, -0.05) is 30.3 Å². The van der Waals surface area contributed by atoms with Gasteiger partial charge < -0.3 is 5.32 Å². The van der Waals surface area contributed by atoms with Gasteiger partial charge in [0.1, 0.15) is 5.82 Å². The Morgan fingerprint density at radius 1 is 0.852 bits per heavy atom. The summed E-state index contributed by atoms with van der Waals surface area (Å²) in [5.74, 6) is -0.765. The molecule has 134 valence electrons.